The van der Waals surface area contributed by atoms with E-state index in [-0.39, 0.29) is 16.3 Å². The SMILES string of the molecule is Cc1ccc(S(=O)(=O)N(CC(=O)NCC(C)NC(=O)CN(c2ccccc2C)S(=O)(=O)c2ccc(C)cc2)c2ccccc2C)cc1. The lowest BCUT2D eigenvalue weighted by atomic mass is 10.2. The molecule has 4 aromatic carbocycles. The average molecular weight is 677 g/mol. The number of nitrogens with one attached hydrogen (secondary N) is 2. The van der Waals surface area contributed by atoms with Crippen molar-refractivity contribution in [2.24, 2.45) is 0 Å². The van der Waals surface area contributed by atoms with Crippen LogP contribution in [0.1, 0.15) is 29.2 Å². The monoisotopic (exact) mass is 676 g/mol. The predicted octanol–water partition coefficient (Wildman–Crippen LogP) is 4.63. The first kappa shape index (κ1) is 35.2. The van der Waals surface area contributed by atoms with Crippen LogP contribution in [0.2, 0.25) is 0 Å². The van der Waals surface area contributed by atoms with Gasteiger partial charge in [-0.1, -0.05) is 71.8 Å². The maximum absolute atomic E-state index is 13.7. The van der Waals surface area contributed by atoms with Crippen molar-refractivity contribution < 1.29 is 26.4 Å². The number of hydrogen-bond acceptors (Lipinski definition) is 6. The third-order valence-corrected chi connectivity index (χ3v) is 11.1. The molecule has 2 amide bonds. The van der Waals surface area contributed by atoms with E-state index in [0.717, 1.165) is 19.7 Å². The molecule has 0 aliphatic heterocycles. The highest BCUT2D eigenvalue weighted by atomic mass is 32.2. The summed E-state index contributed by atoms with van der Waals surface area (Å²) >= 11 is 0. The van der Waals surface area contributed by atoms with Crippen LogP contribution in [-0.4, -0.2) is 54.3 Å². The van der Waals surface area contributed by atoms with E-state index in [9.17, 15) is 26.4 Å². The Kier molecular flexibility index (Phi) is 11.1. The summed E-state index contributed by atoms with van der Waals surface area (Å²) < 4.78 is 57.0. The molecule has 0 fully saturated rings. The molecular weight excluding hydrogens is 637 g/mol. The minimum absolute atomic E-state index is 0.0220. The van der Waals surface area contributed by atoms with E-state index < -0.39 is 51.0 Å². The lowest BCUT2D eigenvalue weighted by molar-refractivity contribution is -0.122. The number of sulfonamides is 2. The summed E-state index contributed by atoms with van der Waals surface area (Å²) in [4.78, 5) is 26.5. The maximum Gasteiger partial charge on any atom is 0.264 e. The molecule has 1 unspecified atom stereocenters. The van der Waals surface area contributed by atoms with Crippen LogP contribution in [-0.2, 0) is 29.6 Å². The van der Waals surface area contributed by atoms with Gasteiger partial charge in [0.1, 0.15) is 13.1 Å². The second-order valence-electron chi connectivity index (χ2n) is 11.5. The third kappa shape index (κ3) is 8.57. The van der Waals surface area contributed by atoms with Gasteiger partial charge in [0.2, 0.25) is 11.8 Å². The second-order valence-corrected chi connectivity index (χ2v) is 15.2. The predicted molar refractivity (Wildman–Crippen MR) is 184 cm³/mol. The number of anilines is 2. The number of hydrogen-bond donors (Lipinski definition) is 2. The Hall–Kier alpha value is -4.68. The van der Waals surface area contributed by atoms with E-state index in [1.165, 1.54) is 24.3 Å². The Morgan fingerprint density at radius 1 is 0.596 bits per heavy atom. The van der Waals surface area contributed by atoms with Crippen LogP contribution >= 0.6 is 0 Å². The summed E-state index contributed by atoms with van der Waals surface area (Å²) in [6, 6.07) is 26.0. The van der Waals surface area contributed by atoms with Gasteiger partial charge in [-0.15, -0.1) is 0 Å². The Bertz CT molecular complexity index is 1940. The fraction of sp³-hybridized carbons (Fsp3) is 0.257. The van der Waals surface area contributed by atoms with Crippen LogP contribution < -0.4 is 19.2 Å². The Labute approximate surface area is 277 Å². The summed E-state index contributed by atoms with van der Waals surface area (Å²) in [5.74, 6) is -1.15. The summed E-state index contributed by atoms with van der Waals surface area (Å²) in [5, 5.41) is 5.46. The normalized spacial score (nSPS) is 12.2. The van der Waals surface area contributed by atoms with E-state index in [1.54, 1.807) is 93.6 Å². The molecule has 4 rings (SSSR count). The zero-order valence-corrected chi connectivity index (χ0v) is 28.7. The van der Waals surface area contributed by atoms with Crippen molar-refractivity contribution in [3.05, 3.63) is 119 Å². The van der Waals surface area contributed by atoms with Crippen LogP contribution in [0.3, 0.4) is 0 Å². The number of rotatable bonds is 13. The van der Waals surface area contributed by atoms with Crippen LogP contribution in [0.25, 0.3) is 0 Å². The van der Waals surface area contributed by atoms with E-state index in [1.807, 2.05) is 13.8 Å². The molecule has 0 aromatic heterocycles. The molecule has 0 saturated heterocycles. The molecular formula is C35H40N4O6S2. The van der Waals surface area contributed by atoms with E-state index in [4.69, 9.17) is 0 Å². The highest BCUT2D eigenvalue weighted by Gasteiger charge is 2.30. The third-order valence-electron chi connectivity index (χ3n) is 7.57. The Balaban J connectivity index is 1.46. The Morgan fingerprint density at radius 2 is 0.979 bits per heavy atom. The topological polar surface area (TPSA) is 133 Å². The van der Waals surface area contributed by atoms with Crippen molar-refractivity contribution in [1.29, 1.82) is 0 Å². The van der Waals surface area contributed by atoms with Crippen LogP contribution in [0.4, 0.5) is 11.4 Å². The van der Waals surface area contributed by atoms with E-state index in [0.29, 0.717) is 22.5 Å². The van der Waals surface area contributed by atoms with Crippen LogP contribution in [0, 0.1) is 27.7 Å². The fourth-order valence-corrected chi connectivity index (χ4v) is 7.89. The van der Waals surface area contributed by atoms with Crippen molar-refractivity contribution in [1.82, 2.24) is 10.6 Å². The smallest absolute Gasteiger partial charge is 0.264 e. The first-order valence-corrected chi connectivity index (χ1v) is 17.9. The minimum Gasteiger partial charge on any atom is -0.352 e. The van der Waals surface area contributed by atoms with Gasteiger partial charge in [0.25, 0.3) is 20.0 Å². The van der Waals surface area contributed by atoms with Gasteiger partial charge in [0, 0.05) is 12.6 Å². The van der Waals surface area contributed by atoms with Crippen LogP contribution in [0.5, 0.6) is 0 Å². The highest BCUT2D eigenvalue weighted by Crippen LogP contribution is 2.28. The van der Waals surface area contributed by atoms with Crippen molar-refractivity contribution in [2.75, 3.05) is 28.2 Å². The number of aryl methyl sites for hydroxylation is 4. The fourth-order valence-electron chi connectivity index (χ4n) is 4.92. The molecule has 248 valence electrons. The van der Waals surface area contributed by atoms with E-state index in [2.05, 4.69) is 10.6 Å². The first-order chi connectivity index (χ1) is 22.2. The number of para-hydroxylation sites is 2. The molecule has 12 heteroatoms. The summed E-state index contributed by atoms with van der Waals surface area (Å²) in [6.07, 6.45) is 0. The largest absolute Gasteiger partial charge is 0.352 e. The van der Waals surface area contributed by atoms with Gasteiger partial charge >= 0.3 is 0 Å². The van der Waals surface area contributed by atoms with Crippen molar-refractivity contribution in [2.45, 2.75) is 50.5 Å². The second kappa shape index (κ2) is 14.8. The molecule has 0 aliphatic carbocycles. The summed E-state index contributed by atoms with van der Waals surface area (Å²) in [5.41, 5.74) is 3.89. The zero-order valence-electron chi connectivity index (χ0n) is 27.1. The number of carbonyl (C=O) groups is 2. The molecule has 0 spiro atoms. The molecule has 10 nitrogen and oxygen atoms in total. The standard InChI is InChI=1S/C35H40N4O6S2/c1-25-14-18-30(19-15-25)46(42,43)38(32-12-8-6-10-27(32)3)23-34(40)36-22-29(5)37-35(41)24-39(33-13-9-7-11-28(33)4)47(44,45)31-20-16-26(2)17-21-31/h6-21,29H,22-24H2,1-5H3,(H,36,40)(H,37,41). The maximum atomic E-state index is 13.7. The van der Waals surface area contributed by atoms with Gasteiger partial charge in [0.05, 0.1) is 21.2 Å². The molecule has 0 bridgehead atoms. The number of benzene rings is 4. The molecule has 0 saturated carbocycles. The molecule has 4 aromatic rings. The van der Waals surface area contributed by atoms with Gasteiger partial charge in [-0.3, -0.25) is 18.2 Å². The molecule has 2 N–H and O–H groups in total. The summed E-state index contributed by atoms with van der Waals surface area (Å²) in [7, 11) is -8.18. The lowest BCUT2D eigenvalue weighted by Crippen LogP contribution is -2.48. The van der Waals surface area contributed by atoms with Crippen molar-refractivity contribution >= 4 is 43.2 Å². The highest BCUT2D eigenvalue weighted by molar-refractivity contribution is 7.93. The zero-order chi connectivity index (χ0) is 34.4. The number of amides is 2. The van der Waals surface area contributed by atoms with Gasteiger partial charge < -0.3 is 10.6 Å². The number of carbonyl (C=O) groups excluding carboxylic acids is 2. The number of nitrogens with zero attached hydrogens (tertiary/aromatic N) is 2. The minimum atomic E-state index is -4.09. The molecule has 1 atom stereocenters. The summed E-state index contributed by atoms with van der Waals surface area (Å²) in [6.45, 7) is 7.90. The van der Waals surface area contributed by atoms with Gasteiger partial charge in [0.15, 0.2) is 0 Å². The molecule has 0 heterocycles. The van der Waals surface area contributed by atoms with Gasteiger partial charge in [-0.05, 0) is 82.1 Å². The van der Waals surface area contributed by atoms with Gasteiger partial charge in [-0.2, -0.15) is 0 Å². The lowest BCUT2D eigenvalue weighted by Gasteiger charge is -2.27. The average Bonchev–Trinajstić information content (AvgIpc) is 3.02. The molecule has 0 aliphatic rings. The van der Waals surface area contributed by atoms with E-state index >= 15 is 0 Å². The quantitative estimate of drug-likeness (QED) is 0.212. The van der Waals surface area contributed by atoms with Gasteiger partial charge in [-0.25, -0.2) is 16.8 Å². The first-order valence-electron chi connectivity index (χ1n) is 15.1. The van der Waals surface area contributed by atoms with Crippen molar-refractivity contribution in [3.63, 3.8) is 0 Å². The molecule has 0 radical (unpaired) electrons. The Morgan fingerprint density at radius 3 is 1.38 bits per heavy atom. The molecule has 47 heavy (non-hydrogen) atoms. The van der Waals surface area contributed by atoms with Crippen LogP contribution in [0.15, 0.2) is 107 Å². The van der Waals surface area contributed by atoms with Crippen molar-refractivity contribution in [3.8, 4) is 0 Å².